The van der Waals surface area contributed by atoms with Gasteiger partial charge in [0.1, 0.15) is 5.60 Å². The molecule has 0 N–H and O–H groups in total. The minimum Gasteiger partial charge on any atom is -0.360 e. The number of aromatic nitrogens is 1. The Labute approximate surface area is 160 Å². The van der Waals surface area contributed by atoms with Crippen LogP contribution >= 0.6 is 0 Å². The molecule has 2 fully saturated rings. The van der Waals surface area contributed by atoms with Gasteiger partial charge >= 0.3 is 0 Å². The van der Waals surface area contributed by atoms with E-state index in [9.17, 15) is 9.59 Å². The molecular formula is C21H27N3O3. The topological polar surface area (TPSA) is 62.7 Å². The molecule has 0 unspecified atom stereocenters. The molecule has 0 aliphatic carbocycles. The normalized spacial score (nSPS) is 31.0. The number of carbonyl (C=O) groups is 2. The van der Waals surface area contributed by atoms with Crippen LogP contribution in [0.3, 0.4) is 0 Å². The summed E-state index contributed by atoms with van der Waals surface area (Å²) in [7, 11) is 1.78. The molecule has 6 nitrogen and oxygen atoms in total. The Bertz CT molecular complexity index is 761. The lowest BCUT2D eigenvalue weighted by molar-refractivity contribution is -0.143. The summed E-state index contributed by atoms with van der Waals surface area (Å²) in [5, 5.41) is 0. The highest BCUT2D eigenvalue weighted by molar-refractivity contribution is 5.93. The van der Waals surface area contributed by atoms with Crippen molar-refractivity contribution in [2.75, 3.05) is 13.6 Å². The van der Waals surface area contributed by atoms with Crippen LogP contribution in [-0.2, 0) is 20.9 Å². The predicted molar refractivity (Wildman–Crippen MR) is 101 cm³/mol. The van der Waals surface area contributed by atoms with Crippen LogP contribution in [0.4, 0.5) is 0 Å². The maximum Gasteiger partial charge on any atom is 0.230 e. The van der Waals surface area contributed by atoms with Crippen LogP contribution in [0.25, 0.3) is 0 Å². The fraction of sp³-hybridized carbons (Fsp3) is 0.571. The summed E-state index contributed by atoms with van der Waals surface area (Å²) in [4.78, 5) is 34.4. The first-order valence-corrected chi connectivity index (χ1v) is 9.83. The smallest absolute Gasteiger partial charge is 0.230 e. The van der Waals surface area contributed by atoms with Gasteiger partial charge in [0, 0.05) is 19.3 Å². The van der Waals surface area contributed by atoms with E-state index in [1.807, 2.05) is 35.3 Å². The Morgan fingerprint density at radius 2 is 2.19 bits per heavy atom. The summed E-state index contributed by atoms with van der Waals surface area (Å²) in [6.45, 7) is 5.19. The fourth-order valence-corrected chi connectivity index (χ4v) is 4.92. The summed E-state index contributed by atoms with van der Waals surface area (Å²) in [6, 6.07) is 5.87. The van der Waals surface area contributed by atoms with Gasteiger partial charge in [0.2, 0.25) is 11.8 Å². The molecule has 4 rings (SSSR count). The predicted octanol–water partition coefficient (Wildman–Crippen LogP) is 2.01. The zero-order valence-corrected chi connectivity index (χ0v) is 16.2. The van der Waals surface area contributed by atoms with Gasteiger partial charge < -0.3 is 14.5 Å². The molecule has 0 saturated carbocycles. The highest BCUT2D eigenvalue weighted by Crippen LogP contribution is 2.52. The Morgan fingerprint density at radius 3 is 2.85 bits per heavy atom. The number of likely N-dealkylation sites (tertiary alicyclic amines) is 1. The molecular weight excluding hydrogens is 342 g/mol. The van der Waals surface area contributed by atoms with Gasteiger partial charge in [-0.05, 0) is 25.0 Å². The minimum absolute atomic E-state index is 0.0402. The van der Waals surface area contributed by atoms with Crippen molar-refractivity contribution in [1.82, 2.24) is 14.8 Å². The van der Waals surface area contributed by atoms with Crippen LogP contribution in [0, 0.1) is 11.8 Å². The maximum absolute atomic E-state index is 13.3. The average molecular weight is 369 g/mol. The number of ether oxygens (including phenoxy) is 1. The van der Waals surface area contributed by atoms with E-state index >= 15 is 0 Å². The van der Waals surface area contributed by atoms with E-state index in [0.717, 1.165) is 18.5 Å². The number of pyridine rings is 1. The number of fused-ring (bicyclic) bond motifs is 1. The van der Waals surface area contributed by atoms with Crippen molar-refractivity contribution in [2.45, 2.75) is 51.0 Å². The summed E-state index contributed by atoms with van der Waals surface area (Å²) >= 11 is 0. The second-order valence-corrected chi connectivity index (χ2v) is 7.85. The zero-order valence-electron chi connectivity index (χ0n) is 16.2. The first kappa shape index (κ1) is 18.2. The molecule has 1 aromatic heterocycles. The van der Waals surface area contributed by atoms with Gasteiger partial charge in [-0.2, -0.15) is 0 Å². The SMILES string of the molecule is CCC(CC)N1C[C@]23C=C[C@H](O2)[C@@H](C(=O)N(C)Cc2ccccn2)[C@H]3C1=O. The lowest BCUT2D eigenvalue weighted by Gasteiger charge is -2.29. The molecule has 1 aromatic rings. The fourth-order valence-electron chi connectivity index (χ4n) is 4.92. The van der Waals surface area contributed by atoms with Gasteiger partial charge in [-0.15, -0.1) is 0 Å². The Kier molecular flexibility index (Phi) is 4.54. The van der Waals surface area contributed by atoms with E-state index in [1.54, 1.807) is 18.1 Å². The molecule has 3 aliphatic heterocycles. The molecule has 4 atom stereocenters. The standard InChI is InChI=1S/C21H27N3O3/c1-4-15(5-2)24-13-21-10-9-16(27-21)17(18(21)20(24)26)19(25)23(3)12-14-8-6-7-11-22-14/h6-11,15-18H,4-5,12-13H2,1-3H3/t16-,17+,18-,21-/m0/s1. The van der Waals surface area contributed by atoms with Crippen molar-refractivity contribution >= 4 is 11.8 Å². The van der Waals surface area contributed by atoms with Crippen molar-refractivity contribution in [3.63, 3.8) is 0 Å². The third-order valence-corrected chi connectivity index (χ3v) is 6.30. The lowest BCUT2D eigenvalue weighted by Crippen LogP contribution is -2.45. The molecule has 2 amide bonds. The van der Waals surface area contributed by atoms with Crippen molar-refractivity contribution in [2.24, 2.45) is 11.8 Å². The average Bonchev–Trinajstić information content (AvgIpc) is 3.32. The molecule has 4 heterocycles. The third-order valence-electron chi connectivity index (χ3n) is 6.30. The van der Waals surface area contributed by atoms with Crippen molar-refractivity contribution < 1.29 is 14.3 Å². The Balaban J connectivity index is 1.56. The van der Waals surface area contributed by atoms with Gasteiger partial charge in [0.25, 0.3) is 0 Å². The van der Waals surface area contributed by atoms with Crippen LogP contribution in [0.5, 0.6) is 0 Å². The van der Waals surface area contributed by atoms with Gasteiger partial charge in [0.15, 0.2) is 0 Å². The van der Waals surface area contributed by atoms with Crippen LogP contribution < -0.4 is 0 Å². The van der Waals surface area contributed by atoms with Crippen LogP contribution in [0.1, 0.15) is 32.4 Å². The molecule has 0 aromatic carbocycles. The van der Waals surface area contributed by atoms with Gasteiger partial charge in [-0.25, -0.2) is 0 Å². The third kappa shape index (κ3) is 2.78. The quantitative estimate of drug-likeness (QED) is 0.720. The van der Waals surface area contributed by atoms with Gasteiger partial charge in [0.05, 0.1) is 36.7 Å². The Morgan fingerprint density at radius 1 is 1.41 bits per heavy atom. The minimum atomic E-state index is -0.628. The highest BCUT2D eigenvalue weighted by Gasteiger charge is 2.67. The first-order chi connectivity index (χ1) is 13.0. The van der Waals surface area contributed by atoms with E-state index in [0.29, 0.717) is 13.1 Å². The second kappa shape index (κ2) is 6.75. The van der Waals surface area contributed by atoms with Crippen molar-refractivity contribution in [3.05, 3.63) is 42.2 Å². The number of hydrogen-bond donors (Lipinski definition) is 0. The molecule has 144 valence electrons. The van der Waals surface area contributed by atoms with E-state index < -0.39 is 17.4 Å². The summed E-state index contributed by atoms with van der Waals surface area (Å²) in [5.74, 6) is -0.830. The molecule has 1 spiro atoms. The van der Waals surface area contributed by atoms with E-state index in [2.05, 4.69) is 18.8 Å². The number of nitrogens with zero attached hydrogens (tertiary/aromatic N) is 3. The zero-order chi connectivity index (χ0) is 19.2. The maximum atomic E-state index is 13.3. The molecule has 6 heteroatoms. The second-order valence-electron chi connectivity index (χ2n) is 7.85. The molecule has 2 saturated heterocycles. The molecule has 2 bridgehead atoms. The summed E-state index contributed by atoms with van der Waals surface area (Å²) < 4.78 is 6.22. The van der Waals surface area contributed by atoms with Crippen LogP contribution in [0.2, 0.25) is 0 Å². The van der Waals surface area contributed by atoms with Crippen molar-refractivity contribution in [3.8, 4) is 0 Å². The van der Waals surface area contributed by atoms with Crippen LogP contribution in [0.15, 0.2) is 36.5 Å². The number of amides is 2. The van der Waals surface area contributed by atoms with E-state index in [4.69, 9.17) is 4.74 Å². The molecule has 0 radical (unpaired) electrons. The van der Waals surface area contributed by atoms with Gasteiger partial charge in [-0.1, -0.05) is 32.1 Å². The lowest BCUT2D eigenvalue weighted by atomic mass is 9.76. The van der Waals surface area contributed by atoms with E-state index in [1.165, 1.54) is 0 Å². The number of hydrogen-bond acceptors (Lipinski definition) is 4. The molecule has 27 heavy (non-hydrogen) atoms. The van der Waals surface area contributed by atoms with Gasteiger partial charge in [-0.3, -0.25) is 14.6 Å². The Hall–Kier alpha value is -2.21. The number of rotatable bonds is 6. The monoisotopic (exact) mass is 369 g/mol. The number of carbonyl (C=O) groups excluding carboxylic acids is 2. The summed E-state index contributed by atoms with van der Waals surface area (Å²) in [6.07, 6.45) is 7.23. The van der Waals surface area contributed by atoms with Crippen molar-refractivity contribution in [1.29, 1.82) is 0 Å². The van der Waals surface area contributed by atoms with E-state index in [-0.39, 0.29) is 24.0 Å². The highest BCUT2D eigenvalue weighted by atomic mass is 16.5. The first-order valence-electron chi connectivity index (χ1n) is 9.83. The largest absolute Gasteiger partial charge is 0.360 e. The van der Waals surface area contributed by atoms with Crippen LogP contribution in [-0.4, -0.2) is 57.9 Å². The molecule has 3 aliphatic rings. The summed E-state index contributed by atoms with van der Waals surface area (Å²) in [5.41, 5.74) is 0.204.